The second-order valence-electron chi connectivity index (χ2n) is 8.27. The molecule has 0 aliphatic carbocycles. The first kappa shape index (κ1) is 27.3. The van der Waals surface area contributed by atoms with Crippen molar-refractivity contribution in [1.82, 2.24) is 10.2 Å². The molecule has 35 heavy (non-hydrogen) atoms. The summed E-state index contributed by atoms with van der Waals surface area (Å²) in [6.45, 7) is 2.90. The van der Waals surface area contributed by atoms with Gasteiger partial charge in [-0.15, -0.1) is 11.8 Å². The predicted molar refractivity (Wildman–Crippen MR) is 150 cm³/mol. The Morgan fingerprint density at radius 1 is 0.971 bits per heavy atom. The number of thioether (sulfide) groups is 1. The zero-order chi connectivity index (χ0) is 25.0. The van der Waals surface area contributed by atoms with E-state index in [1.165, 1.54) is 0 Å². The van der Waals surface area contributed by atoms with Crippen molar-refractivity contribution in [3.05, 3.63) is 105 Å². The smallest absolute Gasteiger partial charge is 0.243 e. The van der Waals surface area contributed by atoms with Crippen LogP contribution in [0.2, 0.25) is 5.02 Å². The molecule has 0 saturated carbocycles. The zero-order valence-corrected chi connectivity index (χ0v) is 22.9. The molecule has 1 N–H and O–H groups in total. The SMILES string of the molecule is CCCNC(=O)[C@H](Cc1ccccc1)N(Cc1cccc(Cl)c1)C(=O)CSCc1ccc(Br)cc1. The summed E-state index contributed by atoms with van der Waals surface area (Å²) >= 11 is 11.2. The lowest BCUT2D eigenvalue weighted by Gasteiger charge is -2.31. The summed E-state index contributed by atoms with van der Waals surface area (Å²) in [5.41, 5.74) is 3.05. The molecule has 0 unspecified atom stereocenters. The zero-order valence-electron chi connectivity index (χ0n) is 19.8. The molecular weight excluding hydrogens is 544 g/mol. The van der Waals surface area contributed by atoms with Crippen molar-refractivity contribution >= 4 is 51.1 Å². The molecule has 3 aromatic rings. The first-order valence-electron chi connectivity index (χ1n) is 11.6. The van der Waals surface area contributed by atoms with Gasteiger partial charge < -0.3 is 10.2 Å². The maximum atomic E-state index is 13.6. The van der Waals surface area contributed by atoms with E-state index in [-0.39, 0.29) is 17.6 Å². The van der Waals surface area contributed by atoms with Gasteiger partial charge in [-0.25, -0.2) is 0 Å². The highest BCUT2D eigenvalue weighted by Crippen LogP contribution is 2.21. The van der Waals surface area contributed by atoms with Crippen LogP contribution in [0, 0.1) is 0 Å². The van der Waals surface area contributed by atoms with Crippen LogP contribution >= 0.6 is 39.3 Å². The quantitative estimate of drug-likeness (QED) is 0.269. The highest BCUT2D eigenvalue weighted by molar-refractivity contribution is 9.10. The van der Waals surface area contributed by atoms with Crippen molar-refractivity contribution in [3.63, 3.8) is 0 Å². The fourth-order valence-corrected chi connectivity index (χ4v) is 5.02. The number of carbonyl (C=O) groups is 2. The second kappa shape index (κ2) is 14.3. The van der Waals surface area contributed by atoms with Crippen LogP contribution in [0.15, 0.2) is 83.3 Å². The fraction of sp³-hybridized carbons (Fsp3) is 0.286. The van der Waals surface area contributed by atoms with E-state index in [0.29, 0.717) is 24.5 Å². The van der Waals surface area contributed by atoms with Gasteiger partial charge >= 0.3 is 0 Å². The molecule has 0 fully saturated rings. The maximum Gasteiger partial charge on any atom is 0.243 e. The van der Waals surface area contributed by atoms with Crippen molar-refractivity contribution in [2.45, 2.75) is 38.1 Å². The number of hydrogen-bond acceptors (Lipinski definition) is 3. The molecule has 0 heterocycles. The van der Waals surface area contributed by atoms with Crippen LogP contribution < -0.4 is 5.32 Å². The lowest BCUT2D eigenvalue weighted by molar-refractivity contribution is -0.139. The first-order chi connectivity index (χ1) is 17.0. The van der Waals surface area contributed by atoms with Crippen LogP contribution in [-0.4, -0.2) is 35.1 Å². The topological polar surface area (TPSA) is 49.4 Å². The first-order valence-corrected chi connectivity index (χ1v) is 14.0. The molecular formula is C28H30BrClN2O2S. The van der Waals surface area contributed by atoms with Gasteiger partial charge in [0, 0.05) is 34.8 Å². The van der Waals surface area contributed by atoms with Crippen LogP contribution in [0.1, 0.15) is 30.0 Å². The average molecular weight is 574 g/mol. The molecule has 4 nitrogen and oxygen atoms in total. The van der Waals surface area contributed by atoms with Crippen LogP contribution in [0.4, 0.5) is 0 Å². The Morgan fingerprint density at radius 2 is 1.69 bits per heavy atom. The van der Waals surface area contributed by atoms with E-state index in [0.717, 1.165) is 33.3 Å². The van der Waals surface area contributed by atoms with E-state index in [4.69, 9.17) is 11.6 Å². The highest BCUT2D eigenvalue weighted by atomic mass is 79.9. The highest BCUT2D eigenvalue weighted by Gasteiger charge is 2.30. The van der Waals surface area contributed by atoms with Crippen molar-refractivity contribution in [2.75, 3.05) is 12.3 Å². The fourth-order valence-electron chi connectivity index (χ4n) is 3.67. The summed E-state index contributed by atoms with van der Waals surface area (Å²) in [4.78, 5) is 28.6. The molecule has 3 aromatic carbocycles. The van der Waals surface area contributed by atoms with Crippen molar-refractivity contribution in [1.29, 1.82) is 0 Å². The summed E-state index contributed by atoms with van der Waals surface area (Å²) in [7, 11) is 0. The summed E-state index contributed by atoms with van der Waals surface area (Å²) in [5.74, 6) is 0.793. The maximum absolute atomic E-state index is 13.6. The van der Waals surface area contributed by atoms with Gasteiger partial charge in [0.25, 0.3) is 0 Å². The Kier molecular flexibility index (Phi) is 11.2. The molecule has 2 amide bonds. The summed E-state index contributed by atoms with van der Waals surface area (Å²) < 4.78 is 1.02. The van der Waals surface area contributed by atoms with Crippen LogP contribution in [0.3, 0.4) is 0 Å². The van der Waals surface area contributed by atoms with Crippen LogP contribution in [0.5, 0.6) is 0 Å². The molecule has 0 aliphatic heterocycles. The van der Waals surface area contributed by atoms with Gasteiger partial charge in [-0.05, 0) is 47.4 Å². The predicted octanol–water partition coefficient (Wildman–Crippen LogP) is 6.50. The Labute approximate surface area is 225 Å². The van der Waals surface area contributed by atoms with Crippen molar-refractivity contribution in [3.8, 4) is 0 Å². The molecule has 0 aromatic heterocycles. The molecule has 0 saturated heterocycles. The lowest BCUT2D eigenvalue weighted by atomic mass is 10.0. The van der Waals surface area contributed by atoms with Gasteiger partial charge in [0.05, 0.1) is 5.75 Å². The van der Waals surface area contributed by atoms with E-state index in [2.05, 4.69) is 21.2 Å². The number of benzene rings is 3. The van der Waals surface area contributed by atoms with E-state index >= 15 is 0 Å². The molecule has 0 radical (unpaired) electrons. The molecule has 184 valence electrons. The minimum atomic E-state index is -0.622. The van der Waals surface area contributed by atoms with Crippen molar-refractivity contribution < 1.29 is 9.59 Å². The summed E-state index contributed by atoms with van der Waals surface area (Å²) in [5, 5.41) is 3.61. The van der Waals surface area contributed by atoms with E-state index in [9.17, 15) is 9.59 Å². The van der Waals surface area contributed by atoms with E-state index in [1.54, 1.807) is 22.7 Å². The Hall–Kier alpha value is -2.28. The molecule has 0 spiro atoms. The second-order valence-corrected chi connectivity index (χ2v) is 10.6. The third-order valence-electron chi connectivity index (χ3n) is 5.47. The minimum Gasteiger partial charge on any atom is -0.354 e. The Bertz CT molecular complexity index is 1100. The standard InChI is InChI=1S/C28H30BrClN2O2S/c1-2-15-31-28(34)26(17-21-7-4-3-5-8-21)32(18-23-9-6-10-25(30)16-23)27(33)20-35-19-22-11-13-24(29)14-12-22/h3-14,16,26H,2,15,17-20H2,1H3,(H,31,34)/t26-/m0/s1. The lowest BCUT2D eigenvalue weighted by Crippen LogP contribution is -2.51. The number of nitrogens with one attached hydrogen (secondary N) is 1. The molecule has 0 bridgehead atoms. The minimum absolute atomic E-state index is 0.0698. The third kappa shape index (κ3) is 9.02. The number of nitrogens with zero attached hydrogens (tertiary/aromatic N) is 1. The van der Waals surface area contributed by atoms with Gasteiger partial charge in [-0.3, -0.25) is 9.59 Å². The van der Waals surface area contributed by atoms with Gasteiger partial charge in [0.1, 0.15) is 6.04 Å². The van der Waals surface area contributed by atoms with Crippen LogP contribution in [0.25, 0.3) is 0 Å². The number of rotatable bonds is 12. The van der Waals surface area contributed by atoms with Gasteiger partial charge in [0.15, 0.2) is 0 Å². The number of hydrogen-bond donors (Lipinski definition) is 1. The number of carbonyl (C=O) groups excluding carboxylic acids is 2. The molecule has 3 rings (SSSR count). The normalized spacial score (nSPS) is 11.6. The largest absolute Gasteiger partial charge is 0.354 e. The molecule has 0 aliphatic rings. The molecule has 7 heteroatoms. The Morgan fingerprint density at radius 3 is 2.37 bits per heavy atom. The van der Waals surface area contributed by atoms with Crippen LogP contribution in [-0.2, 0) is 28.3 Å². The summed E-state index contributed by atoms with van der Waals surface area (Å²) in [6.07, 6.45) is 1.27. The monoisotopic (exact) mass is 572 g/mol. The van der Waals surface area contributed by atoms with E-state index < -0.39 is 6.04 Å². The van der Waals surface area contributed by atoms with Gasteiger partial charge in [0.2, 0.25) is 11.8 Å². The average Bonchev–Trinajstić information content (AvgIpc) is 2.86. The Balaban J connectivity index is 1.82. The number of amides is 2. The van der Waals surface area contributed by atoms with E-state index in [1.807, 2.05) is 79.7 Å². The number of halogens is 2. The van der Waals surface area contributed by atoms with Gasteiger partial charge in [-0.1, -0.05) is 89.1 Å². The third-order valence-corrected chi connectivity index (χ3v) is 7.22. The van der Waals surface area contributed by atoms with Crippen molar-refractivity contribution in [2.24, 2.45) is 0 Å². The molecule has 1 atom stereocenters. The summed E-state index contributed by atoms with van der Waals surface area (Å²) in [6, 6.07) is 24.7. The van der Waals surface area contributed by atoms with Gasteiger partial charge in [-0.2, -0.15) is 0 Å².